The molecule has 26 heavy (non-hydrogen) atoms. The van der Waals surface area contributed by atoms with Gasteiger partial charge >= 0.3 is 12.0 Å². The van der Waals surface area contributed by atoms with Crippen molar-refractivity contribution in [3.63, 3.8) is 0 Å². The molecule has 1 aliphatic heterocycles. The minimum atomic E-state index is -0.456. The van der Waals surface area contributed by atoms with Crippen LogP contribution in [0.2, 0.25) is 0 Å². The molecule has 1 aromatic heterocycles. The largest absolute Gasteiger partial charge is 0.461 e. The number of urea groups is 1. The van der Waals surface area contributed by atoms with Crippen LogP contribution in [-0.4, -0.2) is 40.2 Å². The number of hydrogen-bond donors (Lipinski definition) is 1. The number of anilines is 1. The van der Waals surface area contributed by atoms with Gasteiger partial charge in [-0.15, -0.1) is 0 Å². The van der Waals surface area contributed by atoms with Gasteiger partial charge in [-0.25, -0.2) is 9.59 Å². The first-order valence-corrected chi connectivity index (χ1v) is 8.98. The summed E-state index contributed by atoms with van der Waals surface area (Å²) in [4.78, 5) is 28.6. The lowest BCUT2D eigenvalue weighted by Crippen LogP contribution is -2.41. The Labute approximate surface area is 152 Å². The Kier molecular flexibility index (Phi) is 5.25. The van der Waals surface area contributed by atoms with Crippen molar-refractivity contribution in [2.45, 2.75) is 40.3 Å². The van der Waals surface area contributed by atoms with Crippen molar-refractivity contribution < 1.29 is 14.3 Å². The smallest absolute Gasteiger partial charge is 0.359 e. The fourth-order valence-electron chi connectivity index (χ4n) is 3.30. The van der Waals surface area contributed by atoms with Crippen LogP contribution in [0.15, 0.2) is 24.3 Å². The molecular formula is C19H24N4O3. The van der Waals surface area contributed by atoms with Gasteiger partial charge in [0, 0.05) is 17.8 Å². The van der Waals surface area contributed by atoms with Crippen LogP contribution >= 0.6 is 0 Å². The predicted molar refractivity (Wildman–Crippen MR) is 98.0 cm³/mol. The summed E-state index contributed by atoms with van der Waals surface area (Å²) in [6.07, 6.45) is 0.857. The number of aromatic amines is 1. The molecule has 2 amide bonds. The highest BCUT2D eigenvalue weighted by Crippen LogP contribution is 2.28. The van der Waals surface area contributed by atoms with E-state index in [4.69, 9.17) is 4.74 Å². The Morgan fingerprint density at radius 3 is 2.69 bits per heavy atom. The lowest BCUT2D eigenvalue weighted by Gasteiger charge is -2.28. The van der Waals surface area contributed by atoms with Crippen molar-refractivity contribution in [1.82, 2.24) is 15.1 Å². The second kappa shape index (κ2) is 7.59. The van der Waals surface area contributed by atoms with Crippen molar-refractivity contribution >= 4 is 17.7 Å². The van der Waals surface area contributed by atoms with Crippen LogP contribution in [0.4, 0.5) is 10.5 Å². The van der Waals surface area contributed by atoms with Crippen LogP contribution < -0.4 is 4.90 Å². The zero-order valence-electron chi connectivity index (χ0n) is 15.4. The Bertz CT molecular complexity index is 815. The van der Waals surface area contributed by atoms with Gasteiger partial charge in [0.25, 0.3) is 0 Å². The Morgan fingerprint density at radius 2 is 2.00 bits per heavy atom. The third kappa shape index (κ3) is 3.16. The SMILES string of the molecule is CCOC(=O)c1n[nH]c2c1CN(C(=O)N(CC)c1ccccc1CC)C2. The van der Waals surface area contributed by atoms with Crippen molar-refractivity contribution in [3.05, 3.63) is 46.8 Å². The second-order valence-electron chi connectivity index (χ2n) is 6.11. The van der Waals surface area contributed by atoms with Crippen molar-refractivity contribution in [3.8, 4) is 0 Å². The van der Waals surface area contributed by atoms with Gasteiger partial charge in [0.1, 0.15) is 0 Å². The summed E-state index contributed by atoms with van der Waals surface area (Å²) in [6, 6.07) is 7.87. The predicted octanol–water partition coefficient (Wildman–Crippen LogP) is 3.11. The van der Waals surface area contributed by atoms with Gasteiger partial charge < -0.3 is 9.64 Å². The third-order valence-electron chi connectivity index (χ3n) is 4.60. The summed E-state index contributed by atoms with van der Waals surface area (Å²) < 4.78 is 5.04. The number of carbonyl (C=O) groups is 2. The topological polar surface area (TPSA) is 78.5 Å². The molecule has 1 N–H and O–H groups in total. The highest BCUT2D eigenvalue weighted by Gasteiger charge is 2.33. The highest BCUT2D eigenvalue weighted by molar-refractivity contribution is 5.94. The van der Waals surface area contributed by atoms with Gasteiger partial charge in [-0.2, -0.15) is 5.10 Å². The molecule has 2 heterocycles. The first kappa shape index (κ1) is 18.0. The molecule has 0 bridgehead atoms. The number of H-pyrrole nitrogens is 1. The van der Waals surface area contributed by atoms with Crippen LogP contribution in [0.1, 0.15) is 48.1 Å². The summed E-state index contributed by atoms with van der Waals surface area (Å²) in [6.45, 7) is 7.42. The third-order valence-corrected chi connectivity index (χ3v) is 4.60. The summed E-state index contributed by atoms with van der Waals surface area (Å²) >= 11 is 0. The van der Waals surface area contributed by atoms with Crippen LogP contribution in [-0.2, 0) is 24.2 Å². The van der Waals surface area contributed by atoms with Gasteiger partial charge in [-0.3, -0.25) is 10.00 Å². The van der Waals surface area contributed by atoms with E-state index in [1.165, 1.54) is 0 Å². The summed E-state index contributed by atoms with van der Waals surface area (Å²) in [5, 5.41) is 6.92. The number of nitrogens with one attached hydrogen (secondary N) is 1. The highest BCUT2D eigenvalue weighted by atomic mass is 16.5. The fourth-order valence-corrected chi connectivity index (χ4v) is 3.30. The molecule has 0 atom stereocenters. The maximum atomic E-state index is 13.1. The van der Waals surface area contributed by atoms with E-state index in [1.807, 2.05) is 31.2 Å². The Morgan fingerprint density at radius 1 is 1.23 bits per heavy atom. The minimum Gasteiger partial charge on any atom is -0.461 e. The number of benzene rings is 1. The number of amides is 2. The number of nitrogens with zero attached hydrogens (tertiary/aromatic N) is 3. The first-order valence-electron chi connectivity index (χ1n) is 8.98. The second-order valence-corrected chi connectivity index (χ2v) is 6.11. The van der Waals surface area contributed by atoms with Crippen LogP contribution in [0, 0.1) is 0 Å². The summed E-state index contributed by atoms with van der Waals surface area (Å²) in [7, 11) is 0. The molecule has 0 aliphatic carbocycles. The summed E-state index contributed by atoms with van der Waals surface area (Å²) in [5.41, 5.74) is 3.88. The molecular weight excluding hydrogens is 332 g/mol. The fraction of sp³-hybridized carbons (Fsp3) is 0.421. The molecule has 7 nitrogen and oxygen atoms in total. The molecule has 138 valence electrons. The zero-order chi connectivity index (χ0) is 18.7. The first-order chi connectivity index (χ1) is 12.6. The van der Waals surface area contributed by atoms with E-state index < -0.39 is 5.97 Å². The molecule has 2 aromatic rings. The monoisotopic (exact) mass is 356 g/mol. The molecule has 0 saturated carbocycles. The van der Waals surface area contributed by atoms with Crippen LogP contribution in [0.25, 0.3) is 0 Å². The number of hydrogen-bond acceptors (Lipinski definition) is 4. The van der Waals surface area contributed by atoms with E-state index in [1.54, 1.807) is 16.7 Å². The number of esters is 1. The van der Waals surface area contributed by atoms with Crippen molar-refractivity contribution in [1.29, 1.82) is 0 Å². The van der Waals surface area contributed by atoms with E-state index in [9.17, 15) is 9.59 Å². The van der Waals surface area contributed by atoms with E-state index in [0.717, 1.165) is 28.9 Å². The van der Waals surface area contributed by atoms with Gasteiger partial charge in [0.2, 0.25) is 0 Å². The number of aryl methyl sites for hydroxylation is 1. The lowest BCUT2D eigenvalue weighted by molar-refractivity contribution is 0.0517. The van der Waals surface area contributed by atoms with Crippen LogP contribution in [0.5, 0.6) is 0 Å². The quantitative estimate of drug-likeness (QED) is 0.835. The van der Waals surface area contributed by atoms with E-state index >= 15 is 0 Å². The molecule has 0 unspecified atom stereocenters. The number of carbonyl (C=O) groups excluding carboxylic acids is 2. The van der Waals surface area contributed by atoms with E-state index in [2.05, 4.69) is 17.1 Å². The number of aromatic nitrogens is 2. The van der Waals surface area contributed by atoms with Gasteiger partial charge in [-0.05, 0) is 31.9 Å². The lowest BCUT2D eigenvalue weighted by atomic mass is 10.1. The van der Waals surface area contributed by atoms with E-state index in [-0.39, 0.29) is 11.7 Å². The van der Waals surface area contributed by atoms with Gasteiger partial charge in [0.05, 0.1) is 25.4 Å². The molecule has 0 spiro atoms. The number of para-hydroxylation sites is 1. The molecule has 3 rings (SSSR count). The molecule has 0 saturated heterocycles. The number of fused-ring (bicyclic) bond motifs is 1. The average Bonchev–Trinajstić information content (AvgIpc) is 3.23. The maximum Gasteiger partial charge on any atom is 0.359 e. The number of rotatable bonds is 5. The average molecular weight is 356 g/mol. The normalized spacial score (nSPS) is 12.8. The Balaban J connectivity index is 1.81. The van der Waals surface area contributed by atoms with Gasteiger partial charge in [0.15, 0.2) is 5.69 Å². The zero-order valence-corrected chi connectivity index (χ0v) is 15.4. The van der Waals surface area contributed by atoms with Crippen LogP contribution in [0.3, 0.4) is 0 Å². The molecule has 7 heteroatoms. The standard InChI is InChI=1S/C19H24N4O3/c1-4-13-9-7-8-10-16(13)23(5-2)19(25)22-11-14-15(12-22)20-21-17(14)18(24)26-6-3/h7-10H,4-6,11-12H2,1-3H3,(H,20,21). The Hall–Kier alpha value is -2.83. The number of ether oxygens (including phenoxy) is 1. The molecule has 1 aliphatic rings. The van der Waals surface area contributed by atoms with E-state index in [0.29, 0.717) is 26.2 Å². The van der Waals surface area contributed by atoms with Gasteiger partial charge in [-0.1, -0.05) is 25.1 Å². The molecule has 0 fully saturated rings. The van der Waals surface area contributed by atoms with Crippen molar-refractivity contribution in [2.75, 3.05) is 18.1 Å². The maximum absolute atomic E-state index is 13.1. The molecule has 1 aromatic carbocycles. The van der Waals surface area contributed by atoms with Crippen molar-refractivity contribution in [2.24, 2.45) is 0 Å². The summed E-state index contributed by atoms with van der Waals surface area (Å²) in [5.74, 6) is -0.456. The molecule has 0 radical (unpaired) electrons. The minimum absolute atomic E-state index is 0.0761.